The smallest absolute Gasteiger partial charge is 0.256 e. The molecule has 2 aromatic heterocycles. The normalized spacial score (nSPS) is 13.0. The van der Waals surface area contributed by atoms with Crippen molar-refractivity contribution < 1.29 is 4.74 Å². The van der Waals surface area contributed by atoms with Crippen LogP contribution in [0.4, 0.5) is 85.3 Å². The number of hydrogen-bond acceptors (Lipinski definition) is 8. The fourth-order valence-corrected chi connectivity index (χ4v) is 19.0. The van der Waals surface area contributed by atoms with Crippen molar-refractivity contribution in [2.45, 2.75) is 0 Å². The van der Waals surface area contributed by atoms with Crippen LogP contribution in [0.5, 0.6) is 11.5 Å². The van der Waals surface area contributed by atoms with Gasteiger partial charge in [0.1, 0.15) is 11.5 Å². The van der Waals surface area contributed by atoms with E-state index in [4.69, 9.17) is 4.74 Å². The lowest BCUT2D eigenvalue weighted by Gasteiger charge is -2.47. The zero-order chi connectivity index (χ0) is 65.5. The number of benzene rings is 15. The van der Waals surface area contributed by atoms with Crippen molar-refractivity contribution in [2.24, 2.45) is 0 Å². The maximum absolute atomic E-state index is 7.45. The van der Waals surface area contributed by atoms with Crippen molar-refractivity contribution in [1.29, 1.82) is 0 Å². The predicted octanol–water partition coefficient (Wildman–Crippen LogP) is 21.5. The fourth-order valence-electron chi connectivity index (χ4n) is 16.8. The van der Waals surface area contributed by atoms with Crippen LogP contribution in [0.1, 0.15) is 0 Å². The molecule has 4 aliphatic heterocycles. The standard InChI is InChI=1S/C90H57B2N5OS2/c1-6-28-58(29-7-1)65-38-16-21-43-72(65)97-77-57-76-70(92-69-42-20-23-47-81(69)98-82-55-64(54-80(90(82)92)96(76)62-36-14-5-15-37-62)94(60-32-10-3-11-33-60)75-46-27-51-86-88(75)67-40-18-25-49-84(67)100-86)56-71(77)91-68-41-19-22-44-73(68)95(61-34-12-4-13-35-61)78-52-63(53-79(97)89(78)91)93(59-30-8-2-9-31-59)74-45-26-50-85-87(74)66-39-17-24-48-83(66)99-85/h1-57H. The van der Waals surface area contributed by atoms with Crippen LogP contribution in [0.15, 0.2) is 346 Å². The molecule has 6 heterocycles. The van der Waals surface area contributed by atoms with E-state index < -0.39 is 0 Å². The highest BCUT2D eigenvalue weighted by Gasteiger charge is 2.49. The zero-order valence-corrected chi connectivity index (χ0v) is 55.7. The maximum atomic E-state index is 7.45. The van der Waals surface area contributed by atoms with Gasteiger partial charge < -0.3 is 29.2 Å². The van der Waals surface area contributed by atoms with E-state index in [1.54, 1.807) is 0 Å². The second-order valence-electron chi connectivity index (χ2n) is 26.2. The molecular weight excluding hydrogens is 1250 g/mol. The number of hydrogen-bond donors (Lipinski definition) is 0. The average molecular weight is 1310 g/mol. The van der Waals surface area contributed by atoms with E-state index in [2.05, 4.69) is 370 Å². The Balaban J connectivity index is 0.883. The Bertz CT molecular complexity index is 6150. The minimum Gasteiger partial charge on any atom is -0.458 e. The number of para-hydroxylation sites is 7. The first-order valence-electron chi connectivity index (χ1n) is 34.2. The van der Waals surface area contributed by atoms with E-state index in [0.717, 1.165) is 119 Å². The van der Waals surface area contributed by atoms with E-state index in [9.17, 15) is 0 Å². The number of fused-ring (bicyclic) bond motifs is 14. The van der Waals surface area contributed by atoms with Crippen molar-refractivity contribution in [2.75, 3.05) is 24.5 Å². The summed E-state index contributed by atoms with van der Waals surface area (Å²) in [6, 6.07) is 128. The fraction of sp³-hybridized carbons (Fsp3) is 0. The van der Waals surface area contributed by atoms with Crippen molar-refractivity contribution in [3.8, 4) is 22.6 Å². The van der Waals surface area contributed by atoms with Gasteiger partial charge in [-0.25, -0.2) is 0 Å². The molecule has 466 valence electrons. The van der Waals surface area contributed by atoms with Gasteiger partial charge in [-0.15, -0.1) is 22.7 Å². The summed E-state index contributed by atoms with van der Waals surface area (Å²) in [6.07, 6.45) is 0. The summed E-state index contributed by atoms with van der Waals surface area (Å²) in [5, 5.41) is 4.94. The third-order valence-corrected chi connectivity index (χ3v) is 23.1. The number of rotatable bonds is 10. The maximum Gasteiger partial charge on any atom is 0.256 e. The largest absolute Gasteiger partial charge is 0.458 e. The molecule has 0 N–H and O–H groups in total. The number of nitrogens with zero attached hydrogens (tertiary/aromatic N) is 5. The molecule has 0 radical (unpaired) electrons. The highest BCUT2D eigenvalue weighted by molar-refractivity contribution is 7.26. The van der Waals surface area contributed by atoms with Gasteiger partial charge in [-0.3, -0.25) is 0 Å². The molecule has 0 aliphatic carbocycles. The minimum atomic E-state index is -0.220. The van der Waals surface area contributed by atoms with Gasteiger partial charge in [0.05, 0.1) is 28.4 Å². The van der Waals surface area contributed by atoms with E-state index in [1.807, 2.05) is 22.7 Å². The summed E-state index contributed by atoms with van der Waals surface area (Å²) in [4.78, 5) is 12.7. The van der Waals surface area contributed by atoms with Crippen molar-refractivity contribution >= 4 is 195 Å². The van der Waals surface area contributed by atoms with Gasteiger partial charge in [-0.1, -0.05) is 212 Å². The van der Waals surface area contributed by atoms with Crippen LogP contribution >= 0.6 is 22.7 Å². The molecule has 100 heavy (non-hydrogen) atoms. The van der Waals surface area contributed by atoms with Crippen molar-refractivity contribution in [3.63, 3.8) is 0 Å². The van der Waals surface area contributed by atoms with Crippen LogP contribution in [-0.2, 0) is 0 Å². The monoisotopic (exact) mass is 1310 g/mol. The molecule has 6 nitrogen and oxygen atoms in total. The van der Waals surface area contributed by atoms with Crippen LogP contribution < -0.4 is 62.0 Å². The molecular formula is C90H57B2N5OS2. The van der Waals surface area contributed by atoms with Gasteiger partial charge in [-0.05, 0) is 166 Å². The molecule has 10 heteroatoms. The summed E-state index contributed by atoms with van der Waals surface area (Å²) < 4.78 is 12.5. The second kappa shape index (κ2) is 22.6. The van der Waals surface area contributed by atoms with Gasteiger partial charge in [0, 0.05) is 109 Å². The van der Waals surface area contributed by atoms with Crippen LogP contribution in [0.3, 0.4) is 0 Å². The van der Waals surface area contributed by atoms with Crippen LogP contribution in [0.2, 0.25) is 0 Å². The van der Waals surface area contributed by atoms with Gasteiger partial charge in [0.15, 0.2) is 0 Å². The first-order chi connectivity index (χ1) is 49.6. The Hall–Kier alpha value is -12.3. The Labute approximate surface area is 588 Å². The van der Waals surface area contributed by atoms with Gasteiger partial charge in [-0.2, -0.15) is 0 Å². The molecule has 0 spiro atoms. The summed E-state index contributed by atoms with van der Waals surface area (Å²) in [7, 11) is 0. The van der Waals surface area contributed by atoms with Gasteiger partial charge >= 0.3 is 0 Å². The van der Waals surface area contributed by atoms with Gasteiger partial charge in [0.25, 0.3) is 13.4 Å². The minimum absolute atomic E-state index is 0.219. The first-order valence-corrected chi connectivity index (χ1v) is 35.8. The Kier molecular flexibility index (Phi) is 12.9. The molecule has 0 bridgehead atoms. The molecule has 15 aromatic carbocycles. The lowest BCUT2D eigenvalue weighted by atomic mass is 9.30. The third-order valence-electron chi connectivity index (χ3n) is 20.8. The first kappa shape index (κ1) is 56.8. The molecule has 0 fully saturated rings. The average Bonchev–Trinajstić information content (AvgIpc) is 0.771. The van der Waals surface area contributed by atoms with Crippen LogP contribution in [-0.4, -0.2) is 13.4 Å². The van der Waals surface area contributed by atoms with Crippen LogP contribution in [0.25, 0.3) is 51.5 Å². The lowest BCUT2D eigenvalue weighted by molar-refractivity contribution is 0.487. The van der Waals surface area contributed by atoms with E-state index in [1.165, 1.54) is 62.2 Å². The quantitative estimate of drug-likeness (QED) is 0.127. The lowest BCUT2D eigenvalue weighted by Crippen LogP contribution is -2.64. The molecule has 0 atom stereocenters. The molecule has 0 saturated heterocycles. The van der Waals surface area contributed by atoms with Crippen molar-refractivity contribution in [1.82, 2.24) is 0 Å². The second-order valence-corrected chi connectivity index (χ2v) is 28.4. The topological polar surface area (TPSA) is 25.4 Å². The van der Waals surface area contributed by atoms with Gasteiger partial charge in [0.2, 0.25) is 0 Å². The summed E-state index contributed by atoms with van der Waals surface area (Å²) >= 11 is 3.70. The summed E-state index contributed by atoms with van der Waals surface area (Å²) in [5.41, 5.74) is 25.6. The number of thiophene rings is 2. The Morgan fingerprint density at radius 1 is 0.270 bits per heavy atom. The SMILES string of the molecule is c1ccc(-c2ccccc2N2c3cc4c(cc3B3c5ccccc5N(c5ccccc5)c5cc(N(c6ccccc6)c6cccc7sc8ccccc8c67)cc2c53)B2c3ccccc3Oc3cc(N(c5ccccc5)c5cccc6sc7ccccc7c56)cc(c32)N4c2ccccc2)cc1. The predicted molar refractivity (Wildman–Crippen MR) is 427 cm³/mol. The Morgan fingerprint density at radius 2 is 0.710 bits per heavy atom. The summed E-state index contributed by atoms with van der Waals surface area (Å²) in [5.74, 6) is 1.68. The summed E-state index contributed by atoms with van der Waals surface area (Å²) in [6.45, 7) is -0.439. The van der Waals surface area contributed by atoms with Crippen molar-refractivity contribution in [3.05, 3.63) is 346 Å². The van der Waals surface area contributed by atoms with E-state index in [-0.39, 0.29) is 13.4 Å². The highest BCUT2D eigenvalue weighted by Crippen LogP contribution is 2.55. The number of ether oxygens (including phenoxy) is 1. The zero-order valence-electron chi connectivity index (χ0n) is 54.0. The highest BCUT2D eigenvalue weighted by atomic mass is 32.1. The van der Waals surface area contributed by atoms with Crippen LogP contribution in [0, 0.1) is 0 Å². The molecule has 0 amide bonds. The number of anilines is 15. The molecule has 0 saturated carbocycles. The Morgan fingerprint density at radius 3 is 1.32 bits per heavy atom. The molecule has 21 rings (SSSR count). The molecule has 0 unspecified atom stereocenters. The molecule has 17 aromatic rings. The molecule has 4 aliphatic rings. The van der Waals surface area contributed by atoms with E-state index in [0.29, 0.717) is 0 Å². The third kappa shape index (κ3) is 8.64. The van der Waals surface area contributed by atoms with E-state index >= 15 is 0 Å².